The Balaban J connectivity index is 2.08. The Labute approximate surface area is 107 Å². The SMILES string of the molecule is CC(C)(C)OC(=O)N1OC2(CCO)C=CC1CC2. The van der Waals surface area contributed by atoms with Crippen LogP contribution in [-0.2, 0) is 9.57 Å². The highest BCUT2D eigenvalue weighted by Gasteiger charge is 2.45. The van der Waals surface area contributed by atoms with E-state index in [1.165, 1.54) is 5.06 Å². The number of ether oxygens (including phenoxy) is 1. The van der Waals surface area contributed by atoms with E-state index < -0.39 is 17.3 Å². The van der Waals surface area contributed by atoms with E-state index in [9.17, 15) is 4.79 Å². The van der Waals surface area contributed by atoms with Crippen LogP contribution in [0.4, 0.5) is 4.79 Å². The molecule has 2 heterocycles. The third-order valence-corrected chi connectivity index (χ3v) is 3.18. The van der Waals surface area contributed by atoms with E-state index in [0.29, 0.717) is 6.42 Å². The molecule has 1 amide bonds. The van der Waals surface area contributed by atoms with E-state index in [4.69, 9.17) is 14.7 Å². The zero-order valence-electron chi connectivity index (χ0n) is 11.2. The van der Waals surface area contributed by atoms with Gasteiger partial charge in [-0.3, -0.25) is 4.84 Å². The first-order chi connectivity index (χ1) is 8.35. The van der Waals surface area contributed by atoms with Gasteiger partial charge in [-0.05, 0) is 33.6 Å². The third kappa shape index (κ3) is 2.67. The van der Waals surface area contributed by atoms with Crippen LogP contribution in [0, 0.1) is 0 Å². The first kappa shape index (κ1) is 13.4. The van der Waals surface area contributed by atoms with E-state index in [-0.39, 0.29) is 12.6 Å². The van der Waals surface area contributed by atoms with Crippen molar-refractivity contribution in [1.82, 2.24) is 5.06 Å². The summed E-state index contributed by atoms with van der Waals surface area (Å²) >= 11 is 0. The van der Waals surface area contributed by atoms with E-state index in [0.717, 1.165) is 12.8 Å². The Morgan fingerprint density at radius 1 is 1.61 bits per heavy atom. The molecule has 3 aliphatic rings. The highest BCUT2D eigenvalue weighted by Crippen LogP contribution is 2.38. The molecule has 5 nitrogen and oxygen atoms in total. The fourth-order valence-corrected chi connectivity index (χ4v) is 2.32. The molecule has 1 N–H and O–H groups in total. The van der Waals surface area contributed by atoms with Gasteiger partial charge in [0.25, 0.3) is 0 Å². The molecule has 2 atom stereocenters. The Morgan fingerprint density at radius 3 is 2.83 bits per heavy atom. The molecule has 0 radical (unpaired) electrons. The number of carbonyl (C=O) groups is 1. The molecule has 0 aromatic heterocycles. The highest BCUT2D eigenvalue weighted by atomic mass is 16.7. The summed E-state index contributed by atoms with van der Waals surface area (Å²) in [6.45, 7) is 5.52. The van der Waals surface area contributed by atoms with Crippen LogP contribution in [0.3, 0.4) is 0 Å². The summed E-state index contributed by atoms with van der Waals surface area (Å²) in [7, 11) is 0. The van der Waals surface area contributed by atoms with Crippen LogP contribution < -0.4 is 0 Å². The van der Waals surface area contributed by atoms with Gasteiger partial charge in [-0.25, -0.2) is 4.79 Å². The summed E-state index contributed by atoms with van der Waals surface area (Å²) in [5, 5.41) is 10.4. The smallest absolute Gasteiger partial charge is 0.435 e. The van der Waals surface area contributed by atoms with Crippen molar-refractivity contribution in [3.8, 4) is 0 Å². The van der Waals surface area contributed by atoms with E-state index >= 15 is 0 Å². The Hall–Kier alpha value is -1.07. The van der Waals surface area contributed by atoms with Crippen LogP contribution in [-0.4, -0.2) is 40.1 Å². The minimum Gasteiger partial charge on any atom is -0.442 e. The van der Waals surface area contributed by atoms with E-state index in [1.807, 2.05) is 32.9 Å². The second kappa shape index (κ2) is 4.55. The Bertz CT molecular complexity index is 360. The lowest BCUT2D eigenvalue weighted by Gasteiger charge is -2.47. The predicted octanol–water partition coefficient (Wildman–Crippen LogP) is 2.01. The quantitative estimate of drug-likeness (QED) is 0.767. The van der Waals surface area contributed by atoms with Crippen molar-refractivity contribution in [3.63, 3.8) is 0 Å². The molecule has 0 saturated carbocycles. The molecule has 1 fully saturated rings. The van der Waals surface area contributed by atoms with Gasteiger partial charge in [-0.15, -0.1) is 0 Å². The topological polar surface area (TPSA) is 59.0 Å². The first-order valence-electron chi connectivity index (χ1n) is 6.37. The van der Waals surface area contributed by atoms with Crippen molar-refractivity contribution in [2.45, 2.75) is 57.3 Å². The van der Waals surface area contributed by atoms with Crippen LogP contribution in [0.2, 0.25) is 0 Å². The van der Waals surface area contributed by atoms with Crippen LogP contribution in [0.25, 0.3) is 0 Å². The molecule has 102 valence electrons. The van der Waals surface area contributed by atoms with Gasteiger partial charge in [0, 0.05) is 13.0 Å². The van der Waals surface area contributed by atoms with Crippen molar-refractivity contribution in [3.05, 3.63) is 12.2 Å². The molecule has 1 aliphatic carbocycles. The number of hydrogen-bond donors (Lipinski definition) is 1. The molecule has 0 aromatic rings. The van der Waals surface area contributed by atoms with Crippen molar-refractivity contribution in [2.75, 3.05) is 6.61 Å². The lowest BCUT2D eigenvalue weighted by atomic mass is 9.84. The number of amides is 1. The summed E-state index contributed by atoms with van der Waals surface area (Å²) in [6.07, 6.45) is 5.63. The standard InChI is InChI=1S/C13H21NO4/c1-12(2,3)17-11(16)14-10-4-6-13(18-14,7-5-10)8-9-15/h4,6,10,15H,5,7-9H2,1-3H3. The first-order valence-corrected chi connectivity index (χ1v) is 6.37. The molecule has 2 aliphatic heterocycles. The molecule has 5 heteroatoms. The van der Waals surface area contributed by atoms with E-state index in [1.54, 1.807) is 0 Å². The molecule has 18 heavy (non-hydrogen) atoms. The zero-order valence-corrected chi connectivity index (χ0v) is 11.2. The summed E-state index contributed by atoms with van der Waals surface area (Å²) in [6, 6.07) is -0.0552. The largest absolute Gasteiger partial charge is 0.442 e. The molecule has 2 unspecified atom stereocenters. The molecule has 0 spiro atoms. The van der Waals surface area contributed by atoms with Crippen LogP contribution in [0.15, 0.2) is 12.2 Å². The lowest BCUT2D eigenvalue weighted by Crippen LogP contribution is -2.56. The van der Waals surface area contributed by atoms with Gasteiger partial charge in [-0.2, -0.15) is 5.06 Å². The second-order valence-corrected chi connectivity index (χ2v) is 5.90. The van der Waals surface area contributed by atoms with Crippen molar-refractivity contribution < 1.29 is 19.5 Å². The predicted molar refractivity (Wildman–Crippen MR) is 65.8 cm³/mol. The van der Waals surface area contributed by atoms with Gasteiger partial charge in [0.1, 0.15) is 11.2 Å². The summed E-state index contributed by atoms with van der Waals surface area (Å²) < 4.78 is 5.32. The highest BCUT2D eigenvalue weighted by molar-refractivity contribution is 5.68. The normalized spacial score (nSPS) is 30.7. The monoisotopic (exact) mass is 255 g/mol. The minimum absolute atomic E-state index is 0.0389. The van der Waals surface area contributed by atoms with Gasteiger partial charge in [0.2, 0.25) is 0 Å². The maximum absolute atomic E-state index is 12.0. The second-order valence-electron chi connectivity index (χ2n) is 5.90. The summed E-state index contributed by atoms with van der Waals surface area (Å²) in [5.74, 6) is 0. The number of aliphatic hydroxyl groups is 1. The fourth-order valence-electron chi connectivity index (χ4n) is 2.32. The molecular weight excluding hydrogens is 234 g/mol. The maximum Gasteiger partial charge on any atom is 0.435 e. The van der Waals surface area contributed by atoms with Crippen LogP contribution >= 0.6 is 0 Å². The zero-order chi connectivity index (χ0) is 13.4. The number of fused-ring (bicyclic) bond motifs is 2. The molecule has 0 aromatic carbocycles. The number of carbonyl (C=O) groups excluding carboxylic acids is 1. The maximum atomic E-state index is 12.0. The summed E-state index contributed by atoms with van der Waals surface area (Å²) in [5.41, 5.74) is -1.08. The van der Waals surface area contributed by atoms with Gasteiger partial charge in [0.15, 0.2) is 0 Å². The lowest BCUT2D eigenvalue weighted by molar-refractivity contribution is -0.262. The average molecular weight is 255 g/mol. The molecule has 3 rings (SSSR count). The van der Waals surface area contributed by atoms with E-state index in [2.05, 4.69) is 0 Å². The molecule has 2 bridgehead atoms. The van der Waals surface area contributed by atoms with Gasteiger partial charge in [-0.1, -0.05) is 12.2 Å². The number of aliphatic hydroxyl groups excluding tert-OH is 1. The minimum atomic E-state index is -0.541. The Kier molecular flexibility index (Phi) is 3.38. The van der Waals surface area contributed by atoms with Crippen molar-refractivity contribution in [2.24, 2.45) is 0 Å². The molecular formula is C13H21NO4. The summed E-state index contributed by atoms with van der Waals surface area (Å²) in [4.78, 5) is 17.8. The van der Waals surface area contributed by atoms with Gasteiger partial charge >= 0.3 is 6.09 Å². The average Bonchev–Trinajstić information content (AvgIpc) is 2.28. The third-order valence-electron chi connectivity index (χ3n) is 3.18. The fraction of sp³-hybridized carbons (Fsp3) is 0.769. The number of hydrogen-bond acceptors (Lipinski definition) is 4. The Morgan fingerprint density at radius 2 is 2.33 bits per heavy atom. The van der Waals surface area contributed by atoms with Crippen molar-refractivity contribution >= 4 is 6.09 Å². The van der Waals surface area contributed by atoms with Crippen molar-refractivity contribution in [1.29, 1.82) is 0 Å². The number of hydroxylamine groups is 2. The van der Waals surface area contributed by atoms with Gasteiger partial charge < -0.3 is 9.84 Å². The van der Waals surface area contributed by atoms with Crippen LogP contribution in [0.1, 0.15) is 40.0 Å². The van der Waals surface area contributed by atoms with Crippen LogP contribution in [0.5, 0.6) is 0 Å². The number of rotatable bonds is 2. The van der Waals surface area contributed by atoms with Gasteiger partial charge in [0.05, 0.1) is 6.04 Å². The molecule has 1 saturated heterocycles. The number of nitrogens with zero attached hydrogens (tertiary/aromatic N) is 1.